The van der Waals surface area contributed by atoms with E-state index in [1.807, 2.05) is 13.0 Å². The summed E-state index contributed by atoms with van der Waals surface area (Å²) < 4.78 is 5.42. The molecule has 2 N–H and O–H groups in total. The number of rotatable bonds is 3. The predicted octanol–water partition coefficient (Wildman–Crippen LogP) is 2.25. The summed E-state index contributed by atoms with van der Waals surface area (Å²) in [6.07, 6.45) is 6.29. The molecule has 1 aliphatic carbocycles. The molecule has 0 spiro atoms. The Morgan fingerprint density at radius 1 is 1.48 bits per heavy atom. The van der Waals surface area contributed by atoms with Gasteiger partial charge in [0.15, 0.2) is 0 Å². The lowest BCUT2D eigenvalue weighted by atomic mass is 9.93. The summed E-state index contributed by atoms with van der Waals surface area (Å²) in [6.45, 7) is 2.21. The van der Waals surface area contributed by atoms with Gasteiger partial charge in [-0.3, -0.25) is 0 Å². The Labute approximate surface area is 123 Å². The first-order valence-corrected chi connectivity index (χ1v) is 7.11. The smallest absolute Gasteiger partial charge is 0.315 e. The fraction of sp³-hybridized carbons (Fsp3) is 0.400. The highest BCUT2D eigenvalue weighted by Crippen LogP contribution is 2.30. The largest absolute Gasteiger partial charge is 0.469 e. The zero-order chi connectivity index (χ0) is 14.7. The summed E-state index contributed by atoms with van der Waals surface area (Å²) in [5.41, 5.74) is 1.89. The third-order valence-electron chi connectivity index (χ3n) is 3.62. The van der Waals surface area contributed by atoms with Crippen LogP contribution in [0, 0.1) is 6.92 Å². The van der Waals surface area contributed by atoms with E-state index < -0.39 is 0 Å². The minimum Gasteiger partial charge on any atom is -0.469 e. The molecule has 0 aliphatic heterocycles. The molecule has 1 atom stereocenters. The molecule has 21 heavy (non-hydrogen) atoms. The molecule has 6 heteroatoms. The van der Waals surface area contributed by atoms with Gasteiger partial charge in [-0.15, -0.1) is 0 Å². The van der Waals surface area contributed by atoms with Crippen LogP contribution >= 0.6 is 0 Å². The lowest BCUT2D eigenvalue weighted by Crippen LogP contribution is -2.38. The molecule has 2 amide bonds. The number of fused-ring (bicyclic) bond motifs is 1. The SMILES string of the molecule is Cc1nccc(CNC(=O)N[C@H]2CCCc3occc32)n1. The lowest BCUT2D eigenvalue weighted by molar-refractivity contribution is 0.234. The number of nitrogens with one attached hydrogen (secondary N) is 2. The van der Waals surface area contributed by atoms with Crippen LogP contribution in [0.5, 0.6) is 0 Å². The molecule has 0 bridgehead atoms. The van der Waals surface area contributed by atoms with Crippen LogP contribution in [0.2, 0.25) is 0 Å². The van der Waals surface area contributed by atoms with Gasteiger partial charge in [-0.25, -0.2) is 14.8 Å². The van der Waals surface area contributed by atoms with Gasteiger partial charge >= 0.3 is 6.03 Å². The second-order valence-corrected chi connectivity index (χ2v) is 5.17. The third kappa shape index (κ3) is 3.21. The van der Waals surface area contributed by atoms with Crippen LogP contribution in [0.4, 0.5) is 4.79 Å². The second kappa shape index (κ2) is 5.95. The molecule has 2 aromatic heterocycles. The molecule has 3 rings (SSSR count). The molecule has 0 unspecified atom stereocenters. The molecule has 0 saturated carbocycles. The molecule has 6 nitrogen and oxygen atoms in total. The molecule has 0 saturated heterocycles. The van der Waals surface area contributed by atoms with E-state index in [2.05, 4.69) is 20.6 Å². The van der Waals surface area contributed by atoms with Gasteiger partial charge < -0.3 is 15.1 Å². The summed E-state index contributed by atoms with van der Waals surface area (Å²) in [4.78, 5) is 20.3. The first-order valence-electron chi connectivity index (χ1n) is 7.11. The van der Waals surface area contributed by atoms with Crippen molar-refractivity contribution >= 4 is 6.03 Å². The van der Waals surface area contributed by atoms with E-state index >= 15 is 0 Å². The Balaban J connectivity index is 1.56. The van der Waals surface area contributed by atoms with Crippen molar-refractivity contribution < 1.29 is 9.21 Å². The maximum atomic E-state index is 12.0. The average molecular weight is 286 g/mol. The van der Waals surface area contributed by atoms with Crippen LogP contribution in [-0.4, -0.2) is 16.0 Å². The van der Waals surface area contributed by atoms with E-state index in [9.17, 15) is 4.79 Å². The van der Waals surface area contributed by atoms with Crippen molar-refractivity contribution in [1.29, 1.82) is 0 Å². The van der Waals surface area contributed by atoms with Gasteiger partial charge in [0.1, 0.15) is 11.6 Å². The average Bonchev–Trinajstić information content (AvgIpc) is 2.95. The molecule has 2 heterocycles. The number of hydrogen-bond donors (Lipinski definition) is 2. The highest BCUT2D eigenvalue weighted by molar-refractivity contribution is 5.74. The Morgan fingerprint density at radius 3 is 3.24 bits per heavy atom. The van der Waals surface area contributed by atoms with E-state index in [1.165, 1.54) is 0 Å². The van der Waals surface area contributed by atoms with Crippen LogP contribution in [-0.2, 0) is 13.0 Å². The minimum absolute atomic E-state index is 0.0274. The number of urea groups is 1. The van der Waals surface area contributed by atoms with Gasteiger partial charge in [0, 0.05) is 18.2 Å². The van der Waals surface area contributed by atoms with E-state index in [4.69, 9.17) is 4.42 Å². The van der Waals surface area contributed by atoms with Crippen molar-refractivity contribution in [3.63, 3.8) is 0 Å². The van der Waals surface area contributed by atoms with Gasteiger partial charge in [0.2, 0.25) is 0 Å². The number of amides is 2. The number of nitrogens with zero attached hydrogens (tertiary/aromatic N) is 2. The third-order valence-corrected chi connectivity index (χ3v) is 3.62. The Bertz CT molecular complexity index is 638. The quantitative estimate of drug-likeness (QED) is 0.907. The van der Waals surface area contributed by atoms with Crippen LogP contribution in [0.1, 0.15) is 41.7 Å². The summed E-state index contributed by atoms with van der Waals surface area (Å²) in [6, 6.07) is 3.57. The normalized spacial score (nSPS) is 17.1. The topological polar surface area (TPSA) is 80.0 Å². The van der Waals surface area contributed by atoms with Crippen LogP contribution < -0.4 is 10.6 Å². The van der Waals surface area contributed by atoms with Crippen LogP contribution in [0.15, 0.2) is 29.0 Å². The van der Waals surface area contributed by atoms with Crippen molar-refractivity contribution in [1.82, 2.24) is 20.6 Å². The van der Waals surface area contributed by atoms with E-state index in [0.717, 1.165) is 36.3 Å². The first-order chi connectivity index (χ1) is 10.2. The zero-order valence-electron chi connectivity index (χ0n) is 11.9. The number of carbonyl (C=O) groups is 1. The van der Waals surface area contributed by atoms with E-state index in [0.29, 0.717) is 12.4 Å². The van der Waals surface area contributed by atoms with Gasteiger partial charge in [0.05, 0.1) is 24.5 Å². The maximum absolute atomic E-state index is 12.0. The van der Waals surface area contributed by atoms with E-state index in [-0.39, 0.29) is 12.1 Å². The van der Waals surface area contributed by atoms with Gasteiger partial charge in [-0.1, -0.05) is 0 Å². The second-order valence-electron chi connectivity index (χ2n) is 5.17. The van der Waals surface area contributed by atoms with Gasteiger partial charge in [-0.05, 0) is 31.9 Å². The fourth-order valence-electron chi connectivity index (χ4n) is 2.62. The number of aryl methyl sites for hydroxylation is 2. The lowest BCUT2D eigenvalue weighted by Gasteiger charge is -2.22. The Morgan fingerprint density at radius 2 is 2.38 bits per heavy atom. The fourth-order valence-corrected chi connectivity index (χ4v) is 2.62. The highest BCUT2D eigenvalue weighted by atomic mass is 16.3. The van der Waals surface area contributed by atoms with E-state index in [1.54, 1.807) is 18.5 Å². The first kappa shape index (κ1) is 13.6. The highest BCUT2D eigenvalue weighted by Gasteiger charge is 2.23. The Kier molecular flexibility index (Phi) is 3.85. The molecule has 2 aromatic rings. The zero-order valence-corrected chi connectivity index (χ0v) is 11.9. The molecular weight excluding hydrogens is 268 g/mol. The molecular formula is C15H18N4O2. The van der Waals surface area contributed by atoms with Gasteiger partial charge in [-0.2, -0.15) is 0 Å². The van der Waals surface area contributed by atoms with Crippen LogP contribution in [0.25, 0.3) is 0 Å². The van der Waals surface area contributed by atoms with Gasteiger partial charge in [0.25, 0.3) is 0 Å². The summed E-state index contributed by atoms with van der Waals surface area (Å²) >= 11 is 0. The number of carbonyl (C=O) groups excluding carboxylic acids is 1. The molecule has 0 fully saturated rings. The maximum Gasteiger partial charge on any atom is 0.315 e. The van der Waals surface area contributed by atoms with Crippen molar-refractivity contribution in [3.05, 3.63) is 47.4 Å². The van der Waals surface area contributed by atoms with Crippen molar-refractivity contribution in [3.8, 4) is 0 Å². The standard InChI is InChI=1S/C15H18N4O2/c1-10-16-7-5-11(18-10)9-17-15(20)19-13-3-2-4-14-12(13)6-8-21-14/h5-8,13H,2-4,9H2,1H3,(H2,17,19,20)/t13-/m0/s1. The van der Waals surface area contributed by atoms with Crippen molar-refractivity contribution in [2.75, 3.05) is 0 Å². The number of aromatic nitrogens is 2. The molecule has 0 aromatic carbocycles. The molecule has 1 aliphatic rings. The van der Waals surface area contributed by atoms with Crippen molar-refractivity contribution in [2.45, 2.75) is 38.8 Å². The van der Waals surface area contributed by atoms with Crippen LogP contribution in [0.3, 0.4) is 0 Å². The number of hydrogen-bond acceptors (Lipinski definition) is 4. The summed E-state index contributed by atoms with van der Waals surface area (Å²) in [5.74, 6) is 1.68. The molecule has 110 valence electrons. The summed E-state index contributed by atoms with van der Waals surface area (Å²) in [7, 11) is 0. The predicted molar refractivity (Wildman–Crippen MR) is 76.5 cm³/mol. The monoisotopic (exact) mass is 286 g/mol. The summed E-state index contributed by atoms with van der Waals surface area (Å²) in [5, 5.41) is 5.82. The minimum atomic E-state index is -0.190. The van der Waals surface area contributed by atoms with Crippen molar-refractivity contribution in [2.24, 2.45) is 0 Å². The number of furan rings is 1. The Hall–Kier alpha value is -2.37. The molecule has 0 radical (unpaired) electrons.